The van der Waals surface area contributed by atoms with Gasteiger partial charge in [-0.05, 0) is 43.2 Å². The monoisotopic (exact) mass is 585 g/mol. The topological polar surface area (TPSA) is 125 Å². The molecule has 2 saturated heterocycles. The second kappa shape index (κ2) is 12.1. The zero-order valence-electron chi connectivity index (χ0n) is 23.7. The Kier molecular flexibility index (Phi) is 7.93. The van der Waals surface area contributed by atoms with Crippen molar-refractivity contribution in [2.24, 2.45) is 0 Å². The van der Waals surface area contributed by atoms with E-state index < -0.39 is 5.82 Å². The van der Waals surface area contributed by atoms with Crippen LogP contribution in [0.3, 0.4) is 0 Å². The molecule has 11 nitrogen and oxygen atoms in total. The van der Waals surface area contributed by atoms with Gasteiger partial charge in [0.05, 0.1) is 30.1 Å². The molecule has 4 heterocycles. The van der Waals surface area contributed by atoms with Crippen LogP contribution in [0.4, 0.5) is 27.4 Å². The zero-order chi connectivity index (χ0) is 29.9. The number of methoxy groups -OCH3 is 1. The van der Waals surface area contributed by atoms with Crippen LogP contribution in [0.15, 0.2) is 67.6 Å². The molecule has 2 aliphatic rings. The SMILES string of the molecule is C=CC(=O)N1CCC(Nc2cc3c(Nc4ccc(Oc5ccnc(N6CC(O)C6)c5)cc4F)ncnc3cc2OC)CC1. The number of nitrogens with one attached hydrogen (secondary N) is 2. The fourth-order valence-electron chi connectivity index (χ4n) is 5.26. The first-order valence-electron chi connectivity index (χ1n) is 14.0. The predicted molar refractivity (Wildman–Crippen MR) is 162 cm³/mol. The molecule has 43 heavy (non-hydrogen) atoms. The highest BCUT2D eigenvalue weighted by molar-refractivity contribution is 5.95. The van der Waals surface area contributed by atoms with E-state index in [0.717, 1.165) is 18.5 Å². The molecular formula is C31H32FN7O4. The van der Waals surface area contributed by atoms with Crippen molar-refractivity contribution in [2.45, 2.75) is 25.0 Å². The van der Waals surface area contributed by atoms with E-state index in [1.165, 1.54) is 18.5 Å². The Bertz CT molecular complexity index is 1660. The Morgan fingerprint density at radius 1 is 1.07 bits per heavy atom. The third-order valence-electron chi connectivity index (χ3n) is 7.63. The summed E-state index contributed by atoms with van der Waals surface area (Å²) in [7, 11) is 1.60. The number of hydrogen-bond donors (Lipinski definition) is 3. The van der Waals surface area contributed by atoms with Crippen LogP contribution < -0.4 is 25.0 Å². The highest BCUT2D eigenvalue weighted by atomic mass is 19.1. The number of amides is 1. The van der Waals surface area contributed by atoms with Gasteiger partial charge < -0.3 is 35.0 Å². The van der Waals surface area contributed by atoms with Crippen molar-refractivity contribution in [1.29, 1.82) is 0 Å². The molecule has 2 fully saturated rings. The lowest BCUT2D eigenvalue weighted by Gasteiger charge is -2.36. The van der Waals surface area contributed by atoms with Crippen LogP contribution in [-0.2, 0) is 4.79 Å². The second-order valence-corrected chi connectivity index (χ2v) is 10.5. The summed E-state index contributed by atoms with van der Waals surface area (Å²) in [5.41, 5.74) is 1.62. The molecule has 2 aliphatic heterocycles. The lowest BCUT2D eigenvalue weighted by molar-refractivity contribution is -0.126. The maximum Gasteiger partial charge on any atom is 0.245 e. The third kappa shape index (κ3) is 6.14. The molecule has 0 atom stereocenters. The second-order valence-electron chi connectivity index (χ2n) is 10.5. The van der Waals surface area contributed by atoms with E-state index >= 15 is 4.39 Å². The molecule has 0 aliphatic carbocycles. The van der Waals surface area contributed by atoms with Gasteiger partial charge in [0.1, 0.15) is 41.0 Å². The number of carbonyl (C=O) groups is 1. The average Bonchev–Trinajstić information content (AvgIpc) is 3.01. The van der Waals surface area contributed by atoms with Gasteiger partial charge in [0.2, 0.25) is 5.91 Å². The van der Waals surface area contributed by atoms with Crippen molar-refractivity contribution in [2.75, 3.05) is 48.8 Å². The minimum absolute atomic E-state index is 0.0587. The summed E-state index contributed by atoms with van der Waals surface area (Å²) in [6, 6.07) is 11.9. The van der Waals surface area contributed by atoms with Crippen molar-refractivity contribution in [3.63, 3.8) is 0 Å². The molecule has 0 radical (unpaired) electrons. The number of hydrogen-bond acceptors (Lipinski definition) is 10. The Balaban J connectivity index is 1.18. The Morgan fingerprint density at radius 2 is 1.86 bits per heavy atom. The summed E-state index contributed by atoms with van der Waals surface area (Å²) in [5, 5.41) is 16.9. The number of rotatable bonds is 9. The molecule has 0 unspecified atom stereocenters. The number of likely N-dealkylation sites (tertiary alicyclic amines) is 1. The van der Waals surface area contributed by atoms with Crippen molar-refractivity contribution in [3.05, 3.63) is 73.5 Å². The van der Waals surface area contributed by atoms with E-state index in [2.05, 4.69) is 32.2 Å². The number of aromatic nitrogens is 3. The van der Waals surface area contributed by atoms with Crippen molar-refractivity contribution in [3.8, 4) is 17.2 Å². The molecule has 1 amide bonds. The standard InChI is InChI=1S/C31H32FN7O4/c1-3-30(41)38-10-7-19(8-11-38)36-27-14-23-26(15-28(27)42-2)34-18-35-31(23)37-25-5-4-21(12-24(25)32)43-22-6-9-33-29(13-22)39-16-20(40)17-39/h3-6,9,12-15,18-20,36,40H,1,7-8,10-11,16-17H2,2H3,(H,34,35,37). The number of aliphatic hydroxyl groups excluding tert-OH is 1. The summed E-state index contributed by atoms with van der Waals surface area (Å²) in [4.78, 5) is 28.8. The molecular weight excluding hydrogens is 553 g/mol. The highest BCUT2D eigenvalue weighted by Gasteiger charge is 2.26. The predicted octanol–water partition coefficient (Wildman–Crippen LogP) is 4.48. The fraction of sp³-hybridized carbons (Fsp3) is 0.290. The van der Waals surface area contributed by atoms with E-state index in [9.17, 15) is 9.90 Å². The molecule has 2 aromatic heterocycles. The molecule has 4 aromatic rings. The molecule has 222 valence electrons. The first-order chi connectivity index (χ1) is 20.9. The lowest BCUT2D eigenvalue weighted by atomic mass is 10.0. The van der Waals surface area contributed by atoms with Crippen molar-refractivity contribution < 1.29 is 23.8 Å². The van der Waals surface area contributed by atoms with Crippen LogP contribution in [0.5, 0.6) is 17.2 Å². The highest BCUT2D eigenvalue weighted by Crippen LogP contribution is 2.35. The van der Waals surface area contributed by atoms with Gasteiger partial charge in [0, 0.05) is 62.0 Å². The minimum atomic E-state index is -0.517. The Morgan fingerprint density at radius 3 is 2.58 bits per heavy atom. The van der Waals surface area contributed by atoms with E-state index in [-0.39, 0.29) is 23.7 Å². The van der Waals surface area contributed by atoms with Gasteiger partial charge in [0.15, 0.2) is 0 Å². The lowest BCUT2D eigenvalue weighted by Crippen LogP contribution is -2.51. The average molecular weight is 586 g/mol. The Hall–Kier alpha value is -4.97. The molecule has 0 bridgehead atoms. The van der Waals surface area contributed by atoms with Crippen LogP contribution in [-0.4, -0.2) is 76.3 Å². The fourth-order valence-corrected chi connectivity index (χ4v) is 5.26. The van der Waals surface area contributed by atoms with Gasteiger partial charge in [-0.1, -0.05) is 6.58 Å². The van der Waals surface area contributed by atoms with Gasteiger partial charge >= 0.3 is 0 Å². The van der Waals surface area contributed by atoms with Crippen LogP contribution in [0, 0.1) is 5.82 Å². The minimum Gasteiger partial charge on any atom is -0.495 e. The number of nitrogens with zero attached hydrogens (tertiary/aromatic N) is 5. The number of anilines is 4. The van der Waals surface area contributed by atoms with Crippen LogP contribution >= 0.6 is 0 Å². The number of aliphatic hydroxyl groups is 1. The number of ether oxygens (including phenoxy) is 2. The number of piperidine rings is 1. The summed E-state index contributed by atoms with van der Waals surface area (Å²) in [6.07, 6.45) is 5.58. The van der Waals surface area contributed by atoms with Gasteiger partial charge in [0.25, 0.3) is 0 Å². The van der Waals surface area contributed by atoms with Gasteiger partial charge in [-0.3, -0.25) is 4.79 Å². The number of benzene rings is 2. The largest absolute Gasteiger partial charge is 0.495 e. The van der Waals surface area contributed by atoms with Crippen LogP contribution in [0.25, 0.3) is 10.9 Å². The smallest absolute Gasteiger partial charge is 0.245 e. The molecule has 0 spiro atoms. The number of carbonyl (C=O) groups excluding carboxylic acids is 1. The van der Waals surface area contributed by atoms with E-state index in [1.54, 1.807) is 42.5 Å². The van der Waals surface area contributed by atoms with Crippen molar-refractivity contribution in [1.82, 2.24) is 19.9 Å². The van der Waals surface area contributed by atoms with Crippen LogP contribution in [0.1, 0.15) is 12.8 Å². The maximum atomic E-state index is 15.3. The van der Waals surface area contributed by atoms with E-state index in [4.69, 9.17) is 9.47 Å². The maximum absolute atomic E-state index is 15.3. The summed E-state index contributed by atoms with van der Waals surface area (Å²) < 4.78 is 26.8. The van der Waals surface area contributed by atoms with Gasteiger partial charge in [-0.2, -0.15) is 0 Å². The number of fused-ring (bicyclic) bond motifs is 1. The normalized spacial score (nSPS) is 15.6. The zero-order valence-corrected chi connectivity index (χ0v) is 23.7. The number of halogens is 1. The van der Waals surface area contributed by atoms with Crippen molar-refractivity contribution >= 4 is 39.8 Å². The Labute approximate surface area is 248 Å². The van der Waals surface area contributed by atoms with E-state index in [0.29, 0.717) is 66.0 Å². The first kappa shape index (κ1) is 28.2. The summed E-state index contributed by atoms with van der Waals surface area (Å²) >= 11 is 0. The number of β-amino-alcohol motifs (C(OH)–C–C–N with tert-alkyl or cyclic N) is 1. The molecule has 2 aromatic carbocycles. The summed E-state index contributed by atoms with van der Waals surface area (Å²) in [6.45, 7) is 5.88. The van der Waals surface area contributed by atoms with Crippen LogP contribution in [0.2, 0.25) is 0 Å². The first-order valence-corrected chi connectivity index (χ1v) is 14.0. The van der Waals surface area contributed by atoms with Gasteiger partial charge in [-0.15, -0.1) is 0 Å². The van der Waals surface area contributed by atoms with Gasteiger partial charge in [-0.25, -0.2) is 19.3 Å². The molecule has 3 N–H and O–H groups in total. The summed E-state index contributed by atoms with van der Waals surface area (Å²) in [5.74, 6) is 2.02. The molecule has 6 rings (SSSR count). The third-order valence-corrected chi connectivity index (χ3v) is 7.63. The molecule has 0 saturated carbocycles. The number of pyridine rings is 1. The quantitative estimate of drug-likeness (QED) is 0.242. The van der Waals surface area contributed by atoms with E-state index in [1.807, 2.05) is 17.0 Å². The molecule has 12 heteroatoms.